The van der Waals surface area contributed by atoms with Crippen molar-refractivity contribution in [1.82, 2.24) is 19.9 Å². The van der Waals surface area contributed by atoms with E-state index in [1.807, 2.05) is 6.92 Å². The maximum atomic E-state index is 13.9. The second kappa shape index (κ2) is 6.57. The van der Waals surface area contributed by atoms with Gasteiger partial charge in [0.2, 0.25) is 0 Å². The van der Waals surface area contributed by atoms with Gasteiger partial charge in [-0.25, -0.2) is 9.37 Å². The van der Waals surface area contributed by atoms with E-state index in [0.717, 1.165) is 37.3 Å². The van der Waals surface area contributed by atoms with Crippen molar-refractivity contribution in [1.29, 1.82) is 0 Å². The molecule has 6 nitrogen and oxygen atoms in total. The first-order chi connectivity index (χ1) is 12.5. The first-order valence-corrected chi connectivity index (χ1v) is 8.84. The maximum absolute atomic E-state index is 13.9. The number of aromatic amines is 2. The van der Waals surface area contributed by atoms with Crippen LogP contribution < -0.4 is 5.32 Å². The van der Waals surface area contributed by atoms with E-state index in [1.54, 1.807) is 18.3 Å². The van der Waals surface area contributed by atoms with E-state index in [-0.39, 0.29) is 11.7 Å². The van der Waals surface area contributed by atoms with Crippen LogP contribution in [0.15, 0.2) is 24.4 Å². The lowest BCUT2D eigenvalue weighted by molar-refractivity contribution is 0.102. The Kier molecular flexibility index (Phi) is 4.24. The van der Waals surface area contributed by atoms with Gasteiger partial charge in [-0.05, 0) is 57.6 Å². The molecule has 1 fully saturated rings. The number of hydrogen-bond donors (Lipinski definition) is 3. The summed E-state index contributed by atoms with van der Waals surface area (Å²) in [7, 11) is 2.12. The van der Waals surface area contributed by atoms with Gasteiger partial charge in [-0.3, -0.25) is 4.79 Å². The summed E-state index contributed by atoms with van der Waals surface area (Å²) in [5, 5.41) is 3.23. The van der Waals surface area contributed by atoms with Gasteiger partial charge in [-0.2, -0.15) is 0 Å². The smallest absolute Gasteiger partial charge is 0.273 e. The van der Waals surface area contributed by atoms with E-state index in [2.05, 4.69) is 32.2 Å². The molecule has 1 amide bonds. The van der Waals surface area contributed by atoms with E-state index in [0.29, 0.717) is 28.3 Å². The molecule has 1 aliphatic heterocycles. The normalized spacial score (nSPS) is 16.3. The Morgan fingerprint density at radius 1 is 1.31 bits per heavy atom. The molecule has 4 rings (SSSR count). The lowest BCUT2D eigenvalue weighted by Gasteiger charge is -2.27. The van der Waals surface area contributed by atoms with E-state index in [4.69, 9.17) is 0 Å². The van der Waals surface area contributed by atoms with Crippen LogP contribution in [0, 0.1) is 12.7 Å². The molecule has 0 unspecified atom stereocenters. The Balaban J connectivity index is 1.50. The molecule has 3 aromatic rings. The van der Waals surface area contributed by atoms with Crippen molar-refractivity contribution in [3.8, 4) is 0 Å². The minimum absolute atomic E-state index is 0.321. The van der Waals surface area contributed by atoms with Gasteiger partial charge in [-0.1, -0.05) is 6.07 Å². The Morgan fingerprint density at radius 2 is 2.08 bits per heavy atom. The standard InChI is InChI=1S/C19H22FN5O/c1-11-3-4-14(20)13-9-15(22-17(11)13)19(26)24-16-10-21-18(23-16)12-5-7-25(2)8-6-12/h3-4,9-10,12,22H,5-8H2,1-2H3,(H,21,23)(H,24,26). The Labute approximate surface area is 150 Å². The highest BCUT2D eigenvalue weighted by molar-refractivity contribution is 6.05. The number of likely N-dealkylation sites (tertiary alicyclic amines) is 1. The quantitative estimate of drug-likeness (QED) is 0.674. The van der Waals surface area contributed by atoms with E-state index < -0.39 is 0 Å². The number of amides is 1. The number of fused-ring (bicyclic) bond motifs is 1. The average molecular weight is 355 g/mol. The van der Waals surface area contributed by atoms with Crippen LogP contribution in [-0.4, -0.2) is 45.9 Å². The molecule has 7 heteroatoms. The molecule has 0 saturated carbocycles. The number of halogens is 1. The van der Waals surface area contributed by atoms with Crippen LogP contribution in [0.1, 0.15) is 40.6 Å². The second-order valence-corrected chi connectivity index (χ2v) is 7.05. The number of aryl methyl sites for hydroxylation is 1. The molecular weight excluding hydrogens is 333 g/mol. The van der Waals surface area contributed by atoms with E-state index in [9.17, 15) is 9.18 Å². The predicted octanol–water partition coefficient (Wildman–Crippen LogP) is 3.40. The topological polar surface area (TPSA) is 76.8 Å². The van der Waals surface area contributed by atoms with E-state index >= 15 is 0 Å². The van der Waals surface area contributed by atoms with Gasteiger partial charge < -0.3 is 20.2 Å². The summed E-state index contributed by atoms with van der Waals surface area (Å²) in [5.74, 6) is 1.19. The Hall–Kier alpha value is -2.67. The van der Waals surface area contributed by atoms with Gasteiger partial charge in [0.15, 0.2) is 0 Å². The highest BCUT2D eigenvalue weighted by Gasteiger charge is 2.21. The number of carbonyl (C=O) groups is 1. The van der Waals surface area contributed by atoms with Gasteiger partial charge in [0.05, 0.1) is 11.7 Å². The number of carbonyl (C=O) groups excluding carboxylic acids is 1. The second-order valence-electron chi connectivity index (χ2n) is 7.05. The molecule has 0 atom stereocenters. The van der Waals surface area contributed by atoms with Crippen molar-refractivity contribution >= 4 is 22.6 Å². The molecule has 1 saturated heterocycles. The largest absolute Gasteiger partial charge is 0.350 e. The first-order valence-electron chi connectivity index (χ1n) is 8.84. The molecule has 0 bridgehead atoms. The lowest BCUT2D eigenvalue weighted by Crippen LogP contribution is -2.29. The van der Waals surface area contributed by atoms with E-state index in [1.165, 1.54) is 6.07 Å². The molecule has 3 heterocycles. The highest BCUT2D eigenvalue weighted by atomic mass is 19.1. The number of nitrogens with zero attached hydrogens (tertiary/aromatic N) is 2. The van der Waals surface area contributed by atoms with Gasteiger partial charge in [0, 0.05) is 11.3 Å². The van der Waals surface area contributed by atoms with Crippen molar-refractivity contribution in [2.75, 3.05) is 25.5 Å². The van der Waals surface area contributed by atoms with Crippen LogP contribution in [0.2, 0.25) is 0 Å². The summed E-state index contributed by atoms with van der Waals surface area (Å²) in [5.41, 5.74) is 1.86. The number of rotatable bonds is 3. The fourth-order valence-electron chi connectivity index (χ4n) is 3.53. The zero-order chi connectivity index (χ0) is 18.3. The fourth-order valence-corrected chi connectivity index (χ4v) is 3.53. The van der Waals surface area contributed by atoms with Crippen LogP contribution >= 0.6 is 0 Å². The van der Waals surface area contributed by atoms with Crippen LogP contribution in [0.5, 0.6) is 0 Å². The third kappa shape index (κ3) is 3.10. The number of nitrogens with one attached hydrogen (secondary N) is 3. The van der Waals surface area contributed by atoms with Crippen LogP contribution in [-0.2, 0) is 0 Å². The number of imidazole rings is 1. The number of hydrogen-bond acceptors (Lipinski definition) is 3. The summed E-state index contributed by atoms with van der Waals surface area (Å²) in [6, 6.07) is 4.65. The fraction of sp³-hybridized carbons (Fsp3) is 0.368. The minimum Gasteiger partial charge on any atom is -0.350 e. The first kappa shape index (κ1) is 16.8. The molecule has 3 N–H and O–H groups in total. The number of piperidine rings is 1. The van der Waals surface area contributed by atoms with Crippen molar-refractivity contribution in [3.05, 3.63) is 47.3 Å². The minimum atomic E-state index is -0.341. The monoisotopic (exact) mass is 355 g/mol. The molecule has 0 spiro atoms. The SMILES string of the molecule is Cc1ccc(F)c2cc(C(=O)Nc3cnc(C4CCN(C)CC4)[nH]3)[nH]c12. The average Bonchev–Trinajstić information content (AvgIpc) is 3.27. The van der Waals surface area contributed by atoms with Gasteiger partial charge in [0.1, 0.15) is 23.2 Å². The molecule has 1 aliphatic rings. The van der Waals surface area contributed by atoms with Crippen molar-refractivity contribution in [2.24, 2.45) is 0 Å². The van der Waals surface area contributed by atoms with Crippen LogP contribution in [0.3, 0.4) is 0 Å². The maximum Gasteiger partial charge on any atom is 0.273 e. The van der Waals surface area contributed by atoms with Crippen molar-refractivity contribution < 1.29 is 9.18 Å². The zero-order valence-corrected chi connectivity index (χ0v) is 14.9. The number of benzene rings is 1. The Morgan fingerprint density at radius 3 is 2.81 bits per heavy atom. The molecule has 0 radical (unpaired) electrons. The molecule has 26 heavy (non-hydrogen) atoms. The molecular formula is C19H22FN5O. The molecule has 0 aliphatic carbocycles. The van der Waals surface area contributed by atoms with Crippen molar-refractivity contribution in [3.63, 3.8) is 0 Å². The predicted molar refractivity (Wildman–Crippen MR) is 99.0 cm³/mol. The summed E-state index contributed by atoms with van der Waals surface area (Å²) in [4.78, 5) is 25.5. The highest BCUT2D eigenvalue weighted by Crippen LogP contribution is 2.26. The van der Waals surface area contributed by atoms with Crippen LogP contribution in [0.4, 0.5) is 10.2 Å². The summed E-state index contributed by atoms with van der Waals surface area (Å²) < 4.78 is 13.9. The zero-order valence-electron chi connectivity index (χ0n) is 14.9. The molecule has 2 aromatic heterocycles. The molecule has 136 valence electrons. The third-order valence-corrected chi connectivity index (χ3v) is 5.14. The van der Waals surface area contributed by atoms with Crippen molar-refractivity contribution in [2.45, 2.75) is 25.7 Å². The number of aromatic nitrogens is 3. The van der Waals surface area contributed by atoms with Gasteiger partial charge >= 0.3 is 0 Å². The summed E-state index contributed by atoms with van der Waals surface area (Å²) in [6.07, 6.45) is 3.75. The van der Waals surface area contributed by atoms with Gasteiger partial charge in [0.25, 0.3) is 5.91 Å². The number of anilines is 1. The molecule has 1 aromatic carbocycles. The third-order valence-electron chi connectivity index (χ3n) is 5.14. The van der Waals surface area contributed by atoms with Crippen LogP contribution in [0.25, 0.3) is 10.9 Å². The summed E-state index contributed by atoms with van der Waals surface area (Å²) >= 11 is 0. The summed E-state index contributed by atoms with van der Waals surface area (Å²) in [6.45, 7) is 3.98. The van der Waals surface area contributed by atoms with Gasteiger partial charge in [-0.15, -0.1) is 0 Å². The lowest BCUT2D eigenvalue weighted by atomic mass is 9.97. The number of H-pyrrole nitrogens is 2. The Bertz CT molecular complexity index is 913.